The summed E-state index contributed by atoms with van der Waals surface area (Å²) in [5.74, 6) is -1.66. The van der Waals surface area contributed by atoms with Crippen LogP contribution in [0.3, 0.4) is 0 Å². The number of carbonyl (C=O) groups excluding carboxylic acids is 2. The number of hydrazine groups is 1. The first-order chi connectivity index (χ1) is 12.3. The van der Waals surface area contributed by atoms with Crippen molar-refractivity contribution < 1.29 is 22.4 Å². The van der Waals surface area contributed by atoms with Crippen molar-refractivity contribution in [1.29, 1.82) is 0 Å². The van der Waals surface area contributed by atoms with E-state index in [1.165, 1.54) is 36.4 Å². The van der Waals surface area contributed by atoms with Gasteiger partial charge in [0.05, 0.1) is 17.0 Å². The number of amides is 2. The molecule has 26 heavy (non-hydrogen) atoms. The molecule has 0 aromatic heterocycles. The fraction of sp³-hybridized carbons (Fsp3) is 0.125. The third-order valence-electron chi connectivity index (χ3n) is 3.72. The van der Waals surface area contributed by atoms with Crippen molar-refractivity contribution in [2.45, 2.75) is 17.4 Å². The SMILES string of the molecule is O=C1C[C@H](NNS(=O)(=O)c2ccc(Cl)cc2)C(=O)N1c1ccc(F)cc1. The van der Waals surface area contributed by atoms with Crippen molar-refractivity contribution in [3.8, 4) is 0 Å². The van der Waals surface area contributed by atoms with Gasteiger partial charge in [-0.2, -0.15) is 0 Å². The van der Waals surface area contributed by atoms with Crippen molar-refractivity contribution in [3.63, 3.8) is 0 Å². The third kappa shape index (κ3) is 3.75. The molecule has 0 unspecified atom stereocenters. The van der Waals surface area contributed by atoms with Crippen molar-refractivity contribution in [2.24, 2.45) is 0 Å². The number of sulfonamides is 1. The number of halogens is 2. The third-order valence-corrected chi connectivity index (χ3v) is 5.25. The van der Waals surface area contributed by atoms with E-state index in [1.54, 1.807) is 0 Å². The van der Waals surface area contributed by atoms with Gasteiger partial charge in [0.2, 0.25) is 5.91 Å². The normalized spacial score (nSPS) is 17.8. The number of rotatable bonds is 5. The summed E-state index contributed by atoms with van der Waals surface area (Å²) in [6.45, 7) is 0. The van der Waals surface area contributed by atoms with Gasteiger partial charge < -0.3 is 0 Å². The molecule has 2 amide bonds. The topological polar surface area (TPSA) is 95.6 Å². The van der Waals surface area contributed by atoms with E-state index in [4.69, 9.17) is 11.6 Å². The zero-order valence-electron chi connectivity index (χ0n) is 13.1. The van der Waals surface area contributed by atoms with Crippen LogP contribution in [0.2, 0.25) is 5.02 Å². The number of nitrogens with one attached hydrogen (secondary N) is 2. The first-order valence-corrected chi connectivity index (χ1v) is 9.29. The Morgan fingerprint density at radius 1 is 1.04 bits per heavy atom. The molecule has 1 saturated heterocycles. The minimum atomic E-state index is -3.94. The summed E-state index contributed by atoms with van der Waals surface area (Å²) < 4.78 is 37.4. The maximum absolute atomic E-state index is 13.0. The van der Waals surface area contributed by atoms with Crippen LogP contribution in [-0.2, 0) is 19.6 Å². The molecule has 0 spiro atoms. The first-order valence-electron chi connectivity index (χ1n) is 7.43. The highest BCUT2D eigenvalue weighted by atomic mass is 35.5. The number of hydrogen-bond donors (Lipinski definition) is 2. The Labute approximate surface area is 153 Å². The monoisotopic (exact) mass is 397 g/mol. The molecule has 0 aliphatic carbocycles. The fourth-order valence-electron chi connectivity index (χ4n) is 2.43. The van der Waals surface area contributed by atoms with Crippen molar-refractivity contribution >= 4 is 39.1 Å². The van der Waals surface area contributed by atoms with Crippen LogP contribution in [0.4, 0.5) is 10.1 Å². The Morgan fingerprint density at radius 3 is 2.27 bits per heavy atom. The Hall–Kier alpha value is -2.33. The number of anilines is 1. The second-order valence-corrected chi connectivity index (χ2v) is 7.62. The highest BCUT2D eigenvalue weighted by molar-refractivity contribution is 7.89. The molecule has 3 rings (SSSR count). The summed E-state index contributed by atoms with van der Waals surface area (Å²) in [7, 11) is -3.94. The molecule has 10 heteroatoms. The fourth-order valence-corrected chi connectivity index (χ4v) is 3.46. The molecule has 2 aromatic carbocycles. The average molecular weight is 398 g/mol. The lowest BCUT2D eigenvalue weighted by Crippen LogP contribution is -2.48. The molecule has 1 fully saturated rings. The van der Waals surface area contributed by atoms with E-state index in [0.717, 1.165) is 17.0 Å². The van der Waals surface area contributed by atoms with Crippen molar-refractivity contribution in [3.05, 3.63) is 59.4 Å². The van der Waals surface area contributed by atoms with E-state index < -0.39 is 33.7 Å². The average Bonchev–Trinajstić information content (AvgIpc) is 2.88. The van der Waals surface area contributed by atoms with Crippen LogP contribution in [-0.4, -0.2) is 26.3 Å². The lowest BCUT2D eigenvalue weighted by Gasteiger charge is -2.16. The largest absolute Gasteiger partial charge is 0.274 e. The minimum absolute atomic E-state index is 0.0541. The standard InChI is InChI=1S/C16H13ClFN3O4S/c17-10-1-7-13(8-2-10)26(24,25)20-19-14-9-15(22)21(16(14)23)12-5-3-11(18)4-6-12/h1-8,14,19-20H,9H2/t14-/m0/s1. The first kappa shape index (κ1) is 18.5. The van der Waals surface area contributed by atoms with E-state index >= 15 is 0 Å². The van der Waals surface area contributed by atoms with Crippen LogP contribution in [0.25, 0.3) is 0 Å². The molecule has 1 atom stereocenters. The lowest BCUT2D eigenvalue weighted by atomic mass is 10.2. The van der Waals surface area contributed by atoms with Gasteiger partial charge in [-0.25, -0.2) is 23.1 Å². The Bertz CT molecular complexity index is 948. The molecule has 2 N–H and O–H groups in total. The van der Waals surface area contributed by atoms with Crippen LogP contribution in [0.1, 0.15) is 6.42 Å². The van der Waals surface area contributed by atoms with E-state index in [-0.39, 0.29) is 17.0 Å². The number of hydrogen-bond acceptors (Lipinski definition) is 5. The molecule has 0 bridgehead atoms. The number of imide groups is 1. The Kier molecular flexibility index (Phi) is 5.05. The molecular weight excluding hydrogens is 385 g/mol. The van der Waals surface area contributed by atoms with Gasteiger partial charge in [0, 0.05) is 5.02 Å². The van der Waals surface area contributed by atoms with Crippen molar-refractivity contribution in [2.75, 3.05) is 4.90 Å². The summed E-state index contributed by atoms with van der Waals surface area (Å²) in [4.78, 5) is 27.4. The molecule has 1 aliphatic rings. The summed E-state index contributed by atoms with van der Waals surface area (Å²) in [6, 6.07) is 9.20. The molecule has 2 aromatic rings. The zero-order chi connectivity index (χ0) is 18.9. The second kappa shape index (κ2) is 7.12. The second-order valence-electron chi connectivity index (χ2n) is 5.50. The van der Waals surface area contributed by atoms with Gasteiger partial charge >= 0.3 is 0 Å². The van der Waals surface area contributed by atoms with Gasteiger partial charge in [0.15, 0.2) is 0 Å². The predicted octanol–water partition coefficient (Wildman–Crippen LogP) is 1.59. The van der Waals surface area contributed by atoms with Crippen LogP contribution in [0.5, 0.6) is 0 Å². The number of benzene rings is 2. The van der Waals surface area contributed by atoms with Crippen LogP contribution in [0, 0.1) is 5.82 Å². The molecule has 1 aliphatic heterocycles. The zero-order valence-corrected chi connectivity index (χ0v) is 14.7. The predicted molar refractivity (Wildman–Crippen MR) is 92.2 cm³/mol. The summed E-state index contributed by atoms with van der Waals surface area (Å²) >= 11 is 5.72. The summed E-state index contributed by atoms with van der Waals surface area (Å²) in [6.07, 6.45) is -0.237. The maximum atomic E-state index is 13.0. The Balaban J connectivity index is 1.71. The quantitative estimate of drug-likeness (QED) is 0.590. The van der Waals surface area contributed by atoms with E-state index in [0.29, 0.717) is 5.02 Å². The van der Waals surface area contributed by atoms with Gasteiger partial charge in [-0.1, -0.05) is 11.6 Å². The molecular formula is C16H13ClFN3O4S. The molecule has 7 nitrogen and oxygen atoms in total. The molecule has 136 valence electrons. The Morgan fingerprint density at radius 2 is 1.65 bits per heavy atom. The maximum Gasteiger partial charge on any atom is 0.253 e. The number of nitrogens with zero attached hydrogens (tertiary/aromatic N) is 1. The molecule has 1 heterocycles. The van der Waals surface area contributed by atoms with E-state index in [2.05, 4.69) is 10.3 Å². The smallest absolute Gasteiger partial charge is 0.253 e. The van der Waals surface area contributed by atoms with E-state index in [1.807, 2.05) is 0 Å². The molecule has 0 saturated carbocycles. The minimum Gasteiger partial charge on any atom is -0.274 e. The van der Waals surface area contributed by atoms with E-state index in [9.17, 15) is 22.4 Å². The highest BCUT2D eigenvalue weighted by Gasteiger charge is 2.40. The number of carbonyl (C=O) groups is 2. The summed E-state index contributed by atoms with van der Waals surface area (Å²) in [5, 5.41) is 0.378. The van der Waals surface area contributed by atoms with Crippen LogP contribution < -0.4 is 15.2 Å². The van der Waals surface area contributed by atoms with Gasteiger partial charge in [0.1, 0.15) is 11.9 Å². The van der Waals surface area contributed by atoms with Crippen LogP contribution in [0.15, 0.2) is 53.4 Å². The van der Waals surface area contributed by atoms with Crippen LogP contribution >= 0.6 is 11.6 Å². The highest BCUT2D eigenvalue weighted by Crippen LogP contribution is 2.23. The molecule has 0 radical (unpaired) electrons. The van der Waals surface area contributed by atoms with Gasteiger partial charge in [-0.3, -0.25) is 9.59 Å². The summed E-state index contributed by atoms with van der Waals surface area (Å²) in [5.41, 5.74) is 2.58. The van der Waals surface area contributed by atoms with Gasteiger partial charge in [-0.05, 0) is 48.5 Å². The lowest BCUT2D eigenvalue weighted by molar-refractivity contribution is -0.121. The van der Waals surface area contributed by atoms with Gasteiger partial charge in [0.25, 0.3) is 15.9 Å². The van der Waals surface area contributed by atoms with Crippen molar-refractivity contribution in [1.82, 2.24) is 10.3 Å². The van der Waals surface area contributed by atoms with Gasteiger partial charge in [-0.15, -0.1) is 4.83 Å².